The van der Waals surface area contributed by atoms with Crippen molar-refractivity contribution >= 4 is 15.8 Å². The number of rotatable bonds is 3. The average molecular weight is 270 g/mol. The van der Waals surface area contributed by atoms with E-state index < -0.39 is 10.0 Å². The summed E-state index contributed by atoms with van der Waals surface area (Å²) in [5.41, 5.74) is 0. The van der Waals surface area contributed by atoms with Gasteiger partial charge in [0, 0.05) is 38.6 Å². The molecule has 0 radical (unpaired) electrons. The molecule has 6 nitrogen and oxygen atoms in total. The van der Waals surface area contributed by atoms with Gasteiger partial charge in [-0.15, -0.1) is 0 Å². The summed E-state index contributed by atoms with van der Waals surface area (Å²) in [5.74, 6) is 0.809. The van der Waals surface area contributed by atoms with Crippen LogP contribution >= 0.6 is 0 Å². The fraction of sp³-hybridized carbons (Fsp3) is 0.636. The maximum absolute atomic E-state index is 11.6. The fourth-order valence-corrected chi connectivity index (χ4v) is 2.90. The summed E-state index contributed by atoms with van der Waals surface area (Å²) in [5, 5.41) is 0. The molecule has 1 unspecified atom stereocenters. The first-order valence-electron chi connectivity index (χ1n) is 5.92. The van der Waals surface area contributed by atoms with Crippen LogP contribution in [-0.4, -0.2) is 55.1 Å². The van der Waals surface area contributed by atoms with Crippen LogP contribution in [0.5, 0.6) is 0 Å². The Morgan fingerprint density at radius 3 is 2.83 bits per heavy atom. The number of aromatic nitrogens is 2. The normalized spacial score (nSPS) is 21.3. The van der Waals surface area contributed by atoms with Crippen molar-refractivity contribution in [3.8, 4) is 0 Å². The maximum Gasteiger partial charge on any atom is 0.211 e. The number of hydrogen-bond acceptors (Lipinski definition) is 5. The van der Waals surface area contributed by atoms with Crippen LogP contribution in [-0.2, 0) is 10.0 Å². The van der Waals surface area contributed by atoms with Gasteiger partial charge in [-0.25, -0.2) is 17.7 Å². The molecular weight excluding hydrogens is 252 g/mol. The Kier molecular flexibility index (Phi) is 3.82. The van der Waals surface area contributed by atoms with Gasteiger partial charge in [-0.3, -0.25) is 4.98 Å². The third-order valence-corrected chi connectivity index (χ3v) is 4.65. The standard InChI is InChI=1S/C11H18N4O2S/c1-14(18(2,16)17)10-4-3-7-15(9-10)11-8-12-5-6-13-11/h5-6,8,10H,3-4,7,9H2,1-2H3. The van der Waals surface area contributed by atoms with Crippen LogP contribution in [0.3, 0.4) is 0 Å². The van der Waals surface area contributed by atoms with E-state index in [-0.39, 0.29) is 6.04 Å². The van der Waals surface area contributed by atoms with Gasteiger partial charge < -0.3 is 4.90 Å². The van der Waals surface area contributed by atoms with Crippen molar-refractivity contribution in [2.75, 3.05) is 31.3 Å². The Morgan fingerprint density at radius 1 is 1.44 bits per heavy atom. The van der Waals surface area contributed by atoms with Crippen molar-refractivity contribution in [3.63, 3.8) is 0 Å². The predicted octanol–water partition coefficient (Wildman–Crippen LogP) is 0.337. The molecule has 0 spiro atoms. The van der Waals surface area contributed by atoms with Crippen LogP contribution in [0.1, 0.15) is 12.8 Å². The number of nitrogens with zero attached hydrogens (tertiary/aromatic N) is 4. The van der Waals surface area contributed by atoms with Gasteiger partial charge in [0.25, 0.3) is 0 Å². The second kappa shape index (κ2) is 5.19. The SMILES string of the molecule is CN(C1CCCN(c2cnccn2)C1)S(C)(=O)=O. The first kappa shape index (κ1) is 13.2. The second-order valence-electron chi connectivity index (χ2n) is 4.58. The number of hydrogen-bond donors (Lipinski definition) is 0. The maximum atomic E-state index is 11.6. The topological polar surface area (TPSA) is 66.4 Å². The Hall–Kier alpha value is -1.21. The van der Waals surface area contributed by atoms with E-state index in [2.05, 4.69) is 14.9 Å². The minimum Gasteiger partial charge on any atom is -0.354 e. The van der Waals surface area contributed by atoms with E-state index in [1.165, 1.54) is 10.6 Å². The lowest BCUT2D eigenvalue weighted by atomic mass is 10.1. The highest BCUT2D eigenvalue weighted by Crippen LogP contribution is 2.20. The van der Waals surface area contributed by atoms with E-state index in [0.717, 1.165) is 25.2 Å². The molecule has 0 saturated carbocycles. The van der Waals surface area contributed by atoms with E-state index in [4.69, 9.17) is 0 Å². The Bertz CT molecular complexity index is 491. The number of anilines is 1. The van der Waals surface area contributed by atoms with Crippen molar-refractivity contribution in [2.45, 2.75) is 18.9 Å². The van der Waals surface area contributed by atoms with E-state index in [9.17, 15) is 8.42 Å². The minimum atomic E-state index is -3.14. The zero-order chi connectivity index (χ0) is 13.2. The van der Waals surface area contributed by atoms with Crippen molar-refractivity contribution in [2.24, 2.45) is 0 Å². The molecule has 0 N–H and O–H groups in total. The molecule has 18 heavy (non-hydrogen) atoms. The van der Waals surface area contributed by atoms with Crippen LogP contribution in [0.15, 0.2) is 18.6 Å². The molecule has 100 valence electrons. The summed E-state index contributed by atoms with van der Waals surface area (Å²) >= 11 is 0. The van der Waals surface area contributed by atoms with Crippen LogP contribution in [0.4, 0.5) is 5.82 Å². The Morgan fingerprint density at radius 2 is 2.22 bits per heavy atom. The van der Waals surface area contributed by atoms with Crippen LogP contribution in [0, 0.1) is 0 Å². The molecule has 1 atom stereocenters. The summed E-state index contributed by atoms with van der Waals surface area (Å²) in [7, 11) is -1.50. The quantitative estimate of drug-likeness (QED) is 0.792. The summed E-state index contributed by atoms with van der Waals surface area (Å²) < 4.78 is 24.6. The molecule has 0 amide bonds. The summed E-state index contributed by atoms with van der Waals surface area (Å²) in [4.78, 5) is 10.4. The van der Waals surface area contributed by atoms with Crippen molar-refractivity contribution in [1.82, 2.24) is 14.3 Å². The molecule has 1 aromatic rings. The zero-order valence-electron chi connectivity index (χ0n) is 10.7. The van der Waals surface area contributed by atoms with Crippen LogP contribution in [0.25, 0.3) is 0 Å². The Labute approximate surface area is 108 Å². The molecule has 0 bridgehead atoms. The zero-order valence-corrected chi connectivity index (χ0v) is 11.5. The largest absolute Gasteiger partial charge is 0.354 e. The monoisotopic (exact) mass is 270 g/mol. The number of likely N-dealkylation sites (N-methyl/N-ethyl adjacent to an activating group) is 1. The van der Waals surface area contributed by atoms with Gasteiger partial charge in [-0.2, -0.15) is 0 Å². The van der Waals surface area contributed by atoms with Gasteiger partial charge >= 0.3 is 0 Å². The van der Waals surface area contributed by atoms with E-state index >= 15 is 0 Å². The van der Waals surface area contributed by atoms with E-state index in [1.807, 2.05) is 0 Å². The number of piperidine rings is 1. The number of sulfonamides is 1. The Balaban J connectivity index is 2.10. The van der Waals surface area contributed by atoms with Gasteiger partial charge in [-0.1, -0.05) is 0 Å². The van der Waals surface area contributed by atoms with Crippen molar-refractivity contribution in [3.05, 3.63) is 18.6 Å². The lowest BCUT2D eigenvalue weighted by Gasteiger charge is -2.36. The molecule has 1 saturated heterocycles. The van der Waals surface area contributed by atoms with Crippen LogP contribution < -0.4 is 4.90 Å². The summed E-state index contributed by atoms with van der Waals surface area (Å²) in [6, 6.07) is 0.00996. The van der Waals surface area contributed by atoms with Gasteiger partial charge in [0.1, 0.15) is 5.82 Å². The first-order valence-corrected chi connectivity index (χ1v) is 7.77. The highest BCUT2D eigenvalue weighted by molar-refractivity contribution is 7.88. The molecule has 1 aliphatic rings. The third-order valence-electron chi connectivity index (χ3n) is 3.31. The highest BCUT2D eigenvalue weighted by Gasteiger charge is 2.28. The molecule has 1 fully saturated rings. The molecule has 2 heterocycles. The van der Waals surface area contributed by atoms with Crippen molar-refractivity contribution in [1.29, 1.82) is 0 Å². The van der Waals surface area contributed by atoms with E-state index in [0.29, 0.717) is 6.54 Å². The predicted molar refractivity (Wildman–Crippen MR) is 69.9 cm³/mol. The first-order chi connectivity index (χ1) is 8.48. The van der Waals surface area contributed by atoms with E-state index in [1.54, 1.807) is 25.6 Å². The summed E-state index contributed by atoms with van der Waals surface area (Å²) in [6.07, 6.45) is 8.09. The molecular formula is C11H18N4O2S. The average Bonchev–Trinajstić information content (AvgIpc) is 2.38. The van der Waals surface area contributed by atoms with Gasteiger partial charge in [0.15, 0.2) is 0 Å². The molecule has 0 aliphatic carbocycles. The molecule has 1 aliphatic heterocycles. The van der Waals surface area contributed by atoms with Crippen LogP contribution in [0.2, 0.25) is 0 Å². The molecule has 0 aromatic carbocycles. The van der Waals surface area contributed by atoms with Gasteiger partial charge in [-0.05, 0) is 12.8 Å². The summed E-state index contributed by atoms with van der Waals surface area (Å²) in [6.45, 7) is 1.56. The smallest absolute Gasteiger partial charge is 0.211 e. The third kappa shape index (κ3) is 2.97. The lowest BCUT2D eigenvalue weighted by Crippen LogP contribution is -2.48. The van der Waals surface area contributed by atoms with Gasteiger partial charge in [0.05, 0.1) is 12.5 Å². The molecule has 7 heteroatoms. The second-order valence-corrected chi connectivity index (χ2v) is 6.63. The van der Waals surface area contributed by atoms with Crippen molar-refractivity contribution < 1.29 is 8.42 Å². The highest BCUT2D eigenvalue weighted by atomic mass is 32.2. The van der Waals surface area contributed by atoms with Gasteiger partial charge in [0.2, 0.25) is 10.0 Å². The fourth-order valence-electron chi connectivity index (χ4n) is 2.18. The minimum absolute atomic E-state index is 0.00996. The molecule has 1 aromatic heterocycles. The molecule has 2 rings (SSSR count). The lowest BCUT2D eigenvalue weighted by molar-refractivity contribution is 0.321.